The zero-order chi connectivity index (χ0) is 23.3. The van der Waals surface area contributed by atoms with Gasteiger partial charge in [-0.3, -0.25) is 9.78 Å². The van der Waals surface area contributed by atoms with E-state index in [2.05, 4.69) is 69.3 Å². The molecule has 2 aromatic carbocycles. The van der Waals surface area contributed by atoms with E-state index >= 15 is 0 Å². The Balaban J connectivity index is 0.000000423. The number of ketones is 1. The molecule has 0 atom stereocenters. The molecule has 0 saturated heterocycles. The van der Waals surface area contributed by atoms with Crippen molar-refractivity contribution in [3.63, 3.8) is 0 Å². The first kappa shape index (κ1) is 26.7. The van der Waals surface area contributed by atoms with Crippen LogP contribution in [0, 0.1) is 6.07 Å². The number of carbonyl (C=O) groups excluding carboxylic acids is 1. The van der Waals surface area contributed by atoms with E-state index in [4.69, 9.17) is 10.1 Å². The zero-order valence-electron chi connectivity index (χ0n) is 19.5. The maximum atomic E-state index is 10.0. The average molecular weight is 635 g/mol. The molecule has 0 fully saturated rings. The average Bonchev–Trinajstić information content (AvgIpc) is 3.17. The summed E-state index contributed by atoms with van der Waals surface area (Å²) in [5, 5.41) is 8.36. The number of aliphatic hydroxyl groups is 1. The maximum absolute atomic E-state index is 10.0. The molecule has 33 heavy (non-hydrogen) atoms. The second kappa shape index (κ2) is 11.5. The molecule has 0 aliphatic heterocycles. The van der Waals surface area contributed by atoms with E-state index in [-0.39, 0.29) is 37.1 Å². The van der Waals surface area contributed by atoms with Crippen LogP contribution in [0.1, 0.15) is 40.2 Å². The van der Waals surface area contributed by atoms with Crippen LogP contribution in [0.4, 0.5) is 0 Å². The largest absolute Gasteiger partial charge is 0.512 e. The van der Waals surface area contributed by atoms with Gasteiger partial charge in [-0.25, -0.2) is 0 Å². The van der Waals surface area contributed by atoms with E-state index < -0.39 is 0 Å². The Morgan fingerprint density at radius 3 is 2.24 bits per heavy atom. The molecule has 4 aromatic rings. The molecule has 0 aliphatic carbocycles. The summed E-state index contributed by atoms with van der Waals surface area (Å²) in [5.74, 6) is -0.0625. The summed E-state index contributed by atoms with van der Waals surface area (Å²) in [6.45, 7) is 9.58. The van der Waals surface area contributed by atoms with Crippen LogP contribution in [0.2, 0.25) is 0 Å². The van der Waals surface area contributed by atoms with Crippen molar-refractivity contribution in [3.05, 3.63) is 90.2 Å². The first-order chi connectivity index (χ1) is 15.1. The fourth-order valence-corrected chi connectivity index (χ4v) is 4.20. The third-order valence-electron chi connectivity index (χ3n) is 4.81. The number of aliphatic hydroxyl groups excluding tert-OH is 1. The number of benzene rings is 2. The molecule has 0 bridgehead atoms. The van der Waals surface area contributed by atoms with Crippen molar-refractivity contribution in [1.82, 2.24) is 4.98 Å². The van der Waals surface area contributed by atoms with E-state index in [1.54, 1.807) is 11.3 Å². The van der Waals surface area contributed by atoms with Gasteiger partial charge in [0.05, 0.1) is 16.0 Å². The summed E-state index contributed by atoms with van der Waals surface area (Å²) >= 11 is 1.79. The Kier molecular flexibility index (Phi) is 9.30. The van der Waals surface area contributed by atoms with Gasteiger partial charge in [0.15, 0.2) is 5.78 Å². The predicted octanol–water partition coefficient (Wildman–Crippen LogP) is 7.76. The molecular formula is C28H28IrNO2S-. The van der Waals surface area contributed by atoms with Gasteiger partial charge in [-0.05, 0) is 48.2 Å². The van der Waals surface area contributed by atoms with Gasteiger partial charge in [0.25, 0.3) is 0 Å². The Hall–Kier alpha value is -2.59. The molecule has 4 rings (SSSR count). The molecular weight excluding hydrogens is 607 g/mol. The molecule has 5 heteroatoms. The number of hydrogen-bond acceptors (Lipinski definition) is 4. The van der Waals surface area contributed by atoms with Crippen LogP contribution in [0.3, 0.4) is 0 Å². The SMILES string of the molecule is CC(=O)/C=C(/C)O.CC(C)(C)c1ccc(-c2cc3nc(-c4[c-]cccc4)ccc3s2)cc1.[Ir]. The van der Waals surface area contributed by atoms with Crippen molar-refractivity contribution in [3.8, 4) is 21.7 Å². The van der Waals surface area contributed by atoms with E-state index in [9.17, 15) is 4.79 Å². The monoisotopic (exact) mass is 635 g/mol. The van der Waals surface area contributed by atoms with E-state index in [1.807, 2.05) is 24.3 Å². The quantitative estimate of drug-likeness (QED) is 0.142. The standard InChI is InChI=1S/C23H20NS.C5H8O2.Ir/c1-23(2,3)18-11-9-17(10-12-18)22-15-20-21(25-22)14-13-19(24-20)16-7-5-4-6-8-16;1-4(6)3-5(2)7;/h4-7,9-15H,1-3H3;3,6H,1-2H3;/q-1;;/b;4-3-;. The van der Waals surface area contributed by atoms with Crippen LogP contribution >= 0.6 is 11.3 Å². The van der Waals surface area contributed by atoms with Crippen LogP contribution in [-0.2, 0) is 30.3 Å². The summed E-state index contributed by atoms with van der Waals surface area (Å²) in [7, 11) is 0. The first-order valence-corrected chi connectivity index (χ1v) is 11.3. The molecule has 0 saturated carbocycles. The third-order valence-corrected chi connectivity index (χ3v) is 5.94. The zero-order valence-corrected chi connectivity index (χ0v) is 22.7. The number of nitrogens with zero attached hydrogens (tertiary/aromatic N) is 1. The Morgan fingerprint density at radius 1 is 1.03 bits per heavy atom. The Morgan fingerprint density at radius 2 is 1.73 bits per heavy atom. The fourth-order valence-electron chi connectivity index (χ4n) is 3.20. The van der Waals surface area contributed by atoms with Gasteiger partial charge in [0, 0.05) is 31.1 Å². The van der Waals surface area contributed by atoms with Gasteiger partial charge < -0.3 is 5.11 Å². The van der Waals surface area contributed by atoms with E-state index in [0.717, 1.165) is 16.8 Å². The Bertz CT molecular complexity index is 1230. The van der Waals surface area contributed by atoms with Crippen molar-refractivity contribution in [2.45, 2.75) is 40.0 Å². The van der Waals surface area contributed by atoms with Crippen molar-refractivity contribution < 1.29 is 30.0 Å². The van der Waals surface area contributed by atoms with Crippen LogP contribution in [-0.4, -0.2) is 15.9 Å². The summed E-state index contributed by atoms with van der Waals surface area (Å²) in [6, 6.07) is 26.6. The number of hydrogen-bond donors (Lipinski definition) is 1. The first-order valence-electron chi connectivity index (χ1n) is 10.5. The number of rotatable bonds is 3. The van der Waals surface area contributed by atoms with Gasteiger partial charge in [-0.1, -0.05) is 51.1 Å². The minimum atomic E-state index is -0.125. The molecule has 0 aliphatic rings. The number of allylic oxidation sites excluding steroid dienone is 2. The number of thiophene rings is 1. The predicted molar refractivity (Wildman–Crippen MR) is 135 cm³/mol. The summed E-state index contributed by atoms with van der Waals surface area (Å²) in [6.07, 6.45) is 1.17. The maximum Gasteiger partial charge on any atom is 0.155 e. The van der Waals surface area contributed by atoms with Crippen molar-refractivity contribution in [2.75, 3.05) is 0 Å². The van der Waals surface area contributed by atoms with Crippen molar-refractivity contribution >= 4 is 27.3 Å². The third kappa shape index (κ3) is 7.46. The van der Waals surface area contributed by atoms with Gasteiger partial charge in [0.2, 0.25) is 0 Å². The number of fused-ring (bicyclic) bond motifs is 1. The van der Waals surface area contributed by atoms with Crippen LogP contribution in [0.25, 0.3) is 31.9 Å². The summed E-state index contributed by atoms with van der Waals surface area (Å²) < 4.78 is 1.22. The summed E-state index contributed by atoms with van der Waals surface area (Å²) in [5.41, 5.74) is 5.85. The van der Waals surface area contributed by atoms with Crippen LogP contribution in [0.5, 0.6) is 0 Å². The van der Waals surface area contributed by atoms with Crippen molar-refractivity contribution in [1.29, 1.82) is 0 Å². The molecule has 2 heterocycles. The smallest absolute Gasteiger partial charge is 0.155 e. The molecule has 173 valence electrons. The van der Waals surface area contributed by atoms with Crippen molar-refractivity contribution in [2.24, 2.45) is 0 Å². The van der Waals surface area contributed by atoms with E-state index in [0.29, 0.717) is 0 Å². The minimum absolute atomic E-state index is 0. The number of aromatic nitrogens is 1. The fraction of sp³-hybridized carbons (Fsp3) is 0.214. The Labute approximate surface area is 213 Å². The number of pyridine rings is 1. The van der Waals surface area contributed by atoms with Gasteiger partial charge in [0.1, 0.15) is 0 Å². The van der Waals surface area contributed by atoms with Gasteiger partial charge in [-0.15, -0.1) is 47.2 Å². The molecule has 0 amide bonds. The normalized spacial score (nSPS) is 11.4. The van der Waals surface area contributed by atoms with Gasteiger partial charge >= 0.3 is 0 Å². The van der Waals surface area contributed by atoms with Gasteiger partial charge in [-0.2, -0.15) is 0 Å². The van der Waals surface area contributed by atoms with E-state index in [1.165, 1.54) is 40.6 Å². The second-order valence-electron chi connectivity index (χ2n) is 8.69. The second-order valence-corrected chi connectivity index (χ2v) is 9.77. The minimum Gasteiger partial charge on any atom is -0.512 e. The molecule has 0 spiro atoms. The number of carbonyl (C=O) groups is 1. The molecule has 1 N–H and O–H groups in total. The van der Waals surface area contributed by atoms with Crippen LogP contribution < -0.4 is 0 Å². The molecule has 0 unspecified atom stereocenters. The molecule has 3 nitrogen and oxygen atoms in total. The topological polar surface area (TPSA) is 50.2 Å². The summed E-state index contributed by atoms with van der Waals surface area (Å²) in [4.78, 5) is 16.1. The molecule has 1 radical (unpaired) electrons. The van der Waals surface area contributed by atoms with Crippen LogP contribution in [0.15, 0.2) is 78.6 Å². The molecule has 2 aromatic heterocycles.